The molecule has 0 bridgehead atoms. The number of hydrogen-bond acceptors (Lipinski definition) is 6. The zero-order valence-corrected chi connectivity index (χ0v) is 15.2. The van der Waals surface area contributed by atoms with Gasteiger partial charge in [-0.05, 0) is 18.4 Å². The number of esters is 1. The fourth-order valence-corrected chi connectivity index (χ4v) is 2.97. The van der Waals surface area contributed by atoms with Crippen LogP contribution in [-0.2, 0) is 25.5 Å². The number of aliphatic hydroxyl groups is 2. The van der Waals surface area contributed by atoms with Gasteiger partial charge in [-0.15, -0.1) is 0 Å². The van der Waals surface area contributed by atoms with E-state index >= 15 is 0 Å². The minimum absolute atomic E-state index is 0.0315. The Bertz CT molecular complexity index is 573. The molecule has 0 aromatic heterocycles. The average molecular weight is 364 g/mol. The largest absolute Gasteiger partial charge is 0.457 e. The van der Waals surface area contributed by atoms with Crippen molar-refractivity contribution in [1.82, 2.24) is 0 Å². The van der Waals surface area contributed by atoms with Crippen molar-refractivity contribution in [3.63, 3.8) is 0 Å². The van der Waals surface area contributed by atoms with Crippen molar-refractivity contribution >= 4 is 11.8 Å². The number of carbonyl (C=O) groups excluding carboxylic acids is 2. The smallest absolute Gasteiger partial charge is 0.306 e. The lowest BCUT2D eigenvalue weighted by atomic mass is 9.94. The molecule has 1 saturated heterocycles. The van der Waals surface area contributed by atoms with Crippen LogP contribution in [0.2, 0.25) is 0 Å². The second kappa shape index (κ2) is 10.4. The first-order valence-electron chi connectivity index (χ1n) is 9.24. The van der Waals surface area contributed by atoms with Gasteiger partial charge in [0, 0.05) is 19.3 Å². The molecule has 0 saturated carbocycles. The van der Waals surface area contributed by atoms with E-state index in [1.54, 1.807) is 0 Å². The van der Waals surface area contributed by atoms with Gasteiger partial charge < -0.3 is 19.7 Å². The molecule has 0 amide bonds. The Labute approximate surface area is 154 Å². The highest BCUT2D eigenvalue weighted by molar-refractivity contribution is 5.79. The van der Waals surface area contributed by atoms with E-state index in [2.05, 4.69) is 0 Å². The van der Waals surface area contributed by atoms with Crippen LogP contribution < -0.4 is 0 Å². The number of Topliss-reactive ketones (excluding diaryl/α,β-unsaturated/α-hetero) is 1. The number of ketones is 1. The predicted octanol–water partition coefficient (Wildman–Crippen LogP) is 1.80. The Kier molecular flexibility index (Phi) is 8.22. The van der Waals surface area contributed by atoms with E-state index in [1.165, 1.54) is 0 Å². The molecule has 0 radical (unpaired) electrons. The Morgan fingerprint density at radius 3 is 2.62 bits per heavy atom. The summed E-state index contributed by atoms with van der Waals surface area (Å²) in [5.41, 5.74) is 1.07. The van der Waals surface area contributed by atoms with Crippen LogP contribution in [0.15, 0.2) is 30.3 Å². The van der Waals surface area contributed by atoms with Crippen molar-refractivity contribution in [1.29, 1.82) is 0 Å². The minimum atomic E-state index is -1.22. The molecule has 1 fully saturated rings. The first-order chi connectivity index (χ1) is 12.5. The van der Waals surface area contributed by atoms with E-state index in [4.69, 9.17) is 9.47 Å². The standard InChI is InChI=1S/C20H28O6/c1-2-3-9-18(23)26-20-16(22)13-25-17(19(20)24)12-15(21)11-10-14-7-5-4-6-8-14/h4-8,16-17,19-20,22,24H,2-3,9-13H2,1H3/t16?,17-,19+,20+/m0/s1. The quantitative estimate of drug-likeness (QED) is 0.649. The number of benzene rings is 1. The maximum atomic E-state index is 12.2. The summed E-state index contributed by atoms with van der Waals surface area (Å²) in [6, 6.07) is 9.69. The molecule has 6 nitrogen and oxygen atoms in total. The molecular formula is C20H28O6. The highest BCUT2D eigenvalue weighted by atomic mass is 16.6. The van der Waals surface area contributed by atoms with Gasteiger partial charge in [-0.1, -0.05) is 43.7 Å². The summed E-state index contributed by atoms with van der Waals surface area (Å²) in [5.74, 6) is -0.489. The molecule has 1 unspecified atom stereocenters. The number of aliphatic hydroxyl groups excluding tert-OH is 2. The molecule has 1 aliphatic heterocycles. The normalized spacial score (nSPS) is 25.7. The molecule has 1 heterocycles. The third-order valence-corrected chi connectivity index (χ3v) is 4.54. The summed E-state index contributed by atoms with van der Waals surface area (Å²) in [5, 5.41) is 20.4. The van der Waals surface area contributed by atoms with Gasteiger partial charge in [0.25, 0.3) is 0 Å². The Morgan fingerprint density at radius 1 is 1.19 bits per heavy atom. The van der Waals surface area contributed by atoms with E-state index < -0.39 is 30.4 Å². The molecule has 26 heavy (non-hydrogen) atoms. The van der Waals surface area contributed by atoms with Crippen LogP contribution in [0.5, 0.6) is 0 Å². The van der Waals surface area contributed by atoms with Crippen molar-refractivity contribution in [2.75, 3.05) is 6.61 Å². The monoisotopic (exact) mass is 364 g/mol. The summed E-state index contributed by atoms with van der Waals surface area (Å²) in [7, 11) is 0. The molecule has 0 aliphatic carbocycles. The molecule has 144 valence electrons. The van der Waals surface area contributed by atoms with Gasteiger partial charge in [0.2, 0.25) is 0 Å². The zero-order chi connectivity index (χ0) is 18.9. The maximum absolute atomic E-state index is 12.2. The van der Waals surface area contributed by atoms with Crippen molar-refractivity contribution in [3.8, 4) is 0 Å². The second-order valence-electron chi connectivity index (χ2n) is 6.72. The fourth-order valence-electron chi connectivity index (χ4n) is 2.97. The molecule has 2 N–H and O–H groups in total. The lowest BCUT2D eigenvalue weighted by Crippen LogP contribution is -2.55. The van der Waals surface area contributed by atoms with Gasteiger partial charge in [0.05, 0.1) is 12.7 Å². The van der Waals surface area contributed by atoms with Gasteiger partial charge in [-0.2, -0.15) is 0 Å². The molecule has 1 aliphatic rings. The van der Waals surface area contributed by atoms with Crippen LogP contribution in [0, 0.1) is 0 Å². The minimum Gasteiger partial charge on any atom is -0.457 e. The van der Waals surface area contributed by atoms with Crippen LogP contribution in [0.1, 0.15) is 44.6 Å². The van der Waals surface area contributed by atoms with Crippen molar-refractivity contribution in [3.05, 3.63) is 35.9 Å². The average Bonchev–Trinajstić information content (AvgIpc) is 2.65. The second-order valence-corrected chi connectivity index (χ2v) is 6.72. The third kappa shape index (κ3) is 6.20. The first kappa shape index (κ1) is 20.6. The maximum Gasteiger partial charge on any atom is 0.306 e. The van der Waals surface area contributed by atoms with Gasteiger partial charge in [-0.3, -0.25) is 9.59 Å². The number of aryl methyl sites for hydroxylation is 1. The number of carbonyl (C=O) groups is 2. The number of unbranched alkanes of at least 4 members (excludes halogenated alkanes) is 1. The molecular weight excluding hydrogens is 336 g/mol. The zero-order valence-electron chi connectivity index (χ0n) is 15.2. The van der Waals surface area contributed by atoms with Crippen LogP contribution in [0.3, 0.4) is 0 Å². The molecule has 2 rings (SSSR count). The van der Waals surface area contributed by atoms with Crippen LogP contribution in [0.25, 0.3) is 0 Å². The molecule has 0 spiro atoms. The highest BCUT2D eigenvalue weighted by Crippen LogP contribution is 2.22. The lowest BCUT2D eigenvalue weighted by Gasteiger charge is -2.37. The van der Waals surface area contributed by atoms with Crippen molar-refractivity contribution in [2.24, 2.45) is 0 Å². The molecule has 4 atom stereocenters. The van der Waals surface area contributed by atoms with E-state index in [1.807, 2.05) is 37.3 Å². The summed E-state index contributed by atoms with van der Waals surface area (Å²) in [6.07, 6.45) is -1.34. The number of hydrogen-bond donors (Lipinski definition) is 2. The summed E-state index contributed by atoms with van der Waals surface area (Å²) in [4.78, 5) is 24.0. The summed E-state index contributed by atoms with van der Waals surface area (Å²) >= 11 is 0. The van der Waals surface area contributed by atoms with Gasteiger partial charge in [0.15, 0.2) is 6.10 Å². The lowest BCUT2D eigenvalue weighted by molar-refractivity contribution is -0.208. The Hall–Kier alpha value is -1.76. The highest BCUT2D eigenvalue weighted by Gasteiger charge is 2.41. The van der Waals surface area contributed by atoms with Crippen LogP contribution in [0.4, 0.5) is 0 Å². The topological polar surface area (TPSA) is 93.1 Å². The number of ether oxygens (including phenoxy) is 2. The molecule has 1 aromatic rings. The SMILES string of the molecule is CCCCC(=O)O[C@@H]1C(O)CO[C@@H](CC(=O)CCc2ccccc2)[C@H]1O. The third-order valence-electron chi connectivity index (χ3n) is 4.54. The molecule has 1 aromatic carbocycles. The fraction of sp³-hybridized carbons (Fsp3) is 0.600. The van der Waals surface area contributed by atoms with Crippen LogP contribution in [-0.4, -0.2) is 53.0 Å². The van der Waals surface area contributed by atoms with Crippen LogP contribution >= 0.6 is 0 Å². The first-order valence-corrected chi connectivity index (χ1v) is 9.24. The predicted molar refractivity (Wildman–Crippen MR) is 95.5 cm³/mol. The summed E-state index contributed by atoms with van der Waals surface area (Å²) in [6.45, 7) is 1.89. The van der Waals surface area contributed by atoms with E-state index in [-0.39, 0.29) is 25.2 Å². The van der Waals surface area contributed by atoms with Crippen molar-refractivity contribution in [2.45, 2.75) is 69.9 Å². The van der Waals surface area contributed by atoms with E-state index in [0.29, 0.717) is 19.3 Å². The van der Waals surface area contributed by atoms with E-state index in [9.17, 15) is 19.8 Å². The van der Waals surface area contributed by atoms with E-state index in [0.717, 1.165) is 12.0 Å². The van der Waals surface area contributed by atoms with Gasteiger partial charge >= 0.3 is 5.97 Å². The molecule has 6 heteroatoms. The van der Waals surface area contributed by atoms with Crippen molar-refractivity contribution < 1.29 is 29.3 Å². The Morgan fingerprint density at radius 2 is 1.92 bits per heavy atom. The number of rotatable bonds is 9. The van der Waals surface area contributed by atoms with Gasteiger partial charge in [-0.25, -0.2) is 0 Å². The summed E-state index contributed by atoms with van der Waals surface area (Å²) < 4.78 is 10.6. The Balaban J connectivity index is 1.84. The van der Waals surface area contributed by atoms with Gasteiger partial charge in [0.1, 0.15) is 18.0 Å².